The highest BCUT2D eigenvalue weighted by molar-refractivity contribution is 5.78. The normalized spacial score (nSPS) is 15.4. The van der Waals surface area contributed by atoms with E-state index in [1.165, 1.54) is 0 Å². The molecule has 0 spiro atoms. The predicted molar refractivity (Wildman–Crippen MR) is 80.7 cm³/mol. The molecule has 0 unspecified atom stereocenters. The third-order valence-electron chi connectivity index (χ3n) is 3.65. The standard InChI is InChI=1S/C16H22N2O4/c1-2-22-17-15(19)14-8-10-18(11-9-14)16(20)21-12-13-6-4-3-5-7-13/h3-7,14H,2,8-12H2,1H3,(H,17,19). The summed E-state index contributed by atoms with van der Waals surface area (Å²) in [5.74, 6) is -0.219. The van der Waals surface area contributed by atoms with Crippen molar-refractivity contribution in [2.75, 3.05) is 19.7 Å². The number of benzene rings is 1. The fraction of sp³-hybridized carbons (Fsp3) is 0.500. The van der Waals surface area contributed by atoms with E-state index in [1.54, 1.807) is 4.90 Å². The number of rotatable bonds is 5. The first-order chi connectivity index (χ1) is 10.7. The molecule has 1 aromatic rings. The SMILES string of the molecule is CCONC(=O)C1CCN(C(=O)OCc2ccccc2)CC1. The first kappa shape index (κ1) is 16.3. The molecule has 6 heteroatoms. The van der Waals surface area contributed by atoms with Gasteiger partial charge < -0.3 is 9.64 Å². The van der Waals surface area contributed by atoms with Gasteiger partial charge in [-0.2, -0.15) is 0 Å². The summed E-state index contributed by atoms with van der Waals surface area (Å²) in [6.07, 6.45) is 0.922. The number of hydrogen-bond acceptors (Lipinski definition) is 4. The van der Waals surface area contributed by atoms with Gasteiger partial charge in [0.2, 0.25) is 5.91 Å². The Labute approximate surface area is 130 Å². The van der Waals surface area contributed by atoms with Crippen LogP contribution in [0, 0.1) is 5.92 Å². The van der Waals surface area contributed by atoms with Crippen LogP contribution in [0.3, 0.4) is 0 Å². The summed E-state index contributed by atoms with van der Waals surface area (Å²) in [4.78, 5) is 30.3. The smallest absolute Gasteiger partial charge is 0.410 e. The molecule has 1 fully saturated rings. The molecule has 1 saturated heterocycles. The number of amides is 2. The van der Waals surface area contributed by atoms with Crippen LogP contribution in [0.15, 0.2) is 30.3 Å². The van der Waals surface area contributed by atoms with E-state index in [2.05, 4.69) is 5.48 Å². The van der Waals surface area contributed by atoms with Gasteiger partial charge in [-0.15, -0.1) is 0 Å². The minimum absolute atomic E-state index is 0.107. The quantitative estimate of drug-likeness (QED) is 0.846. The van der Waals surface area contributed by atoms with Crippen molar-refractivity contribution in [1.29, 1.82) is 0 Å². The lowest BCUT2D eigenvalue weighted by Gasteiger charge is -2.30. The maximum atomic E-state index is 12.0. The van der Waals surface area contributed by atoms with Gasteiger partial charge in [0.1, 0.15) is 6.61 Å². The Bertz CT molecular complexity index is 484. The summed E-state index contributed by atoms with van der Waals surface area (Å²) >= 11 is 0. The third kappa shape index (κ3) is 4.73. The molecule has 0 radical (unpaired) electrons. The van der Waals surface area contributed by atoms with Crippen LogP contribution in [0.4, 0.5) is 4.79 Å². The van der Waals surface area contributed by atoms with E-state index in [1.807, 2.05) is 37.3 Å². The van der Waals surface area contributed by atoms with E-state index in [0.29, 0.717) is 32.5 Å². The average Bonchev–Trinajstić information content (AvgIpc) is 2.58. The van der Waals surface area contributed by atoms with Crippen molar-refractivity contribution in [3.8, 4) is 0 Å². The highest BCUT2D eigenvalue weighted by Crippen LogP contribution is 2.18. The summed E-state index contributed by atoms with van der Waals surface area (Å²) in [6, 6.07) is 9.57. The summed E-state index contributed by atoms with van der Waals surface area (Å²) in [7, 11) is 0. The Morgan fingerprint density at radius 1 is 1.23 bits per heavy atom. The largest absolute Gasteiger partial charge is 0.445 e. The minimum Gasteiger partial charge on any atom is -0.445 e. The Kier molecular flexibility index (Phi) is 6.21. The highest BCUT2D eigenvalue weighted by Gasteiger charge is 2.28. The molecule has 0 bridgehead atoms. The topological polar surface area (TPSA) is 67.9 Å². The van der Waals surface area contributed by atoms with Crippen LogP contribution in [0.25, 0.3) is 0 Å². The number of nitrogens with one attached hydrogen (secondary N) is 1. The Balaban J connectivity index is 1.72. The number of ether oxygens (including phenoxy) is 1. The van der Waals surface area contributed by atoms with Crippen molar-refractivity contribution in [2.24, 2.45) is 5.92 Å². The van der Waals surface area contributed by atoms with E-state index in [0.717, 1.165) is 5.56 Å². The fourth-order valence-electron chi connectivity index (χ4n) is 2.36. The number of nitrogens with zero attached hydrogens (tertiary/aromatic N) is 1. The lowest BCUT2D eigenvalue weighted by molar-refractivity contribution is -0.138. The molecule has 1 N–H and O–H groups in total. The monoisotopic (exact) mass is 306 g/mol. The zero-order chi connectivity index (χ0) is 15.8. The summed E-state index contributed by atoms with van der Waals surface area (Å²) < 4.78 is 5.29. The van der Waals surface area contributed by atoms with Crippen LogP contribution >= 0.6 is 0 Å². The maximum Gasteiger partial charge on any atom is 0.410 e. The molecule has 0 saturated carbocycles. The van der Waals surface area contributed by atoms with E-state index in [4.69, 9.17) is 9.57 Å². The van der Waals surface area contributed by atoms with Crippen molar-refractivity contribution < 1.29 is 19.2 Å². The molecule has 2 amide bonds. The molecule has 0 atom stereocenters. The van der Waals surface area contributed by atoms with Gasteiger partial charge in [-0.05, 0) is 25.3 Å². The van der Waals surface area contributed by atoms with E-state index < -0.39 is 0 Å². The number of hydroxylamine groups is 1. The van der Waals surface area contributed by atoms with E-state index in [9.17, 15) is 9.59 Å². The van der Waals surface area contributed by atoms with Crippen molar-refractivity contribution in [3.63, 3.8) is 0 Å². The lowest BCUT2D eigenvalue weighted by Crippen LogP contribution is -2.43. The average molecular weight is 306 g/mol. The van der Waals surface area contributed by atoms with Crippen LogP contribution in [0.5, 0.6) is 0 Å². The Morgan fingerprint density at radius 3 is 2.55 bits per heavy atom. The second-order valence-electron chi connectivity index (χ2n) is 5.20. The number of carbonyl (C=O) groups is 2. The van der Waals surface area contributed by atoms with Crippen LogP contribution in [0.2, 0.25) is 0 Å². The van der Waals surface area contributed by atoms with Gasteiger partial charge in [0.15, 0.2) is 0 Å². The Morgan fingerprint density at radius 2 is 1.91 bits per heavy atom. The molecular weight excluding hydrogens is 284 g/mol. The zero-order valence-electron chi connectivity index (χ0n) is 12.8. The van der Waals surface area contributed by atoms with Crippen LogP contribution in [-0.2, 0) is 21.0 Å². The molecule has 6 nitrogen and oxygen atoms in total. The van der Waals surface area contributed by atoms with Crippen molar-refractivity contribution in [2.45, 2.75) is 26.4 Å². The summed E-state index contributed by atoms with van der Waals surface area (Å²) in [5.41, 5.74) is 3.38. The number of carbonyl (C=O) groups excluding carboxylic acids is 2. The molecule has 1 aromatic carbocycles. The molecule has 2 rings (SSSR count). The first-order valence-corrected chi connectivity index (χ1v) is 7.58. The van der Waals surface area contributed by atoms with Gasteiger partial charge in [0.05, 0.1) is 6.61 Å². The van der Waals surface area contributed by atoms with Crippen LogP contribution in [0.1, 0.15) is 25.3 Å². The molecule has 1 aliphatic heterocycles. The van der Waals surface area contributed by atoms with Gasteiger partial charge >= 0.3 is 6.09 Å². The molecule has 22 heavy (non-hydrogen) atoms. The lowest BCUT2D eigenvalue weighted by atomic mass is 9.96. The molecule has 1 heterocycles. The summed E-state index contributed by atoms with van der Waals surface area (Å²) in [6.45, 7) is 3.57. The summed E-state index contributed by atoms with van der Waals surface area (Å²) in [5, 5.41) is 0. The molecule has 0 aromatic heterocycles. The van der Waals surface area contributed by atoms with Crippen molar-refractivity contribution in [3.05, 3.63) is 35.9 Å². The van der Waals surface area contributed by atoms with Crippen molar-refractivity contribution >= 4 is 12.0 Å². The van der Waals surface area contributed by atoms with E-state index in [-0.39, 0.29) is 24.5 Å². The Hall–Kier alpha value is -2.08. The number of piperidine rings is 1. The maximum absolute atomic E-state index is 12.0. The van der Waals surface area contributed by atoms with Crippen molar-refractivity contribution in [1.82, 2.24) is 10.4 Å². The van der Waals surface area contributed by atoms with Gasteiger partial charge in [0.25, 0.3) is 0 Å². The molecule has 1 aliphatic rings. The molecule has 120 valence electrons. The van der Waals surface area contributed by atoms with Gasteiger partial charge in [0, 0.05) is 19.0 Å². The third-order valence-corrected chi connectivity index (χ3v) is 3.65. The van der Waals surface area contributed by atoms with Gasteiger partial charge in [-0.1, -0.05) is 30.3 Å². The zero-order valence-corrected chi connectivity index (χ0v) is 12.8. The second-order valence-corrected chi connectivity index (χ2v) is 5.20. The first-order valence-electron chi connectivity index (χ1n) is 7.58. The minimum atomic E-state index is -0.326. The predicted octanol–water partition coefficient (Wildman–Crippen LogP) is 2.10. The van der Waals surface area contributed by atoms with Crippen LogP contribution < -0.4 is 5.48 Å². The number of likely N-dealkylation sites (tertiary alicyclic amines) is 1. The van der Waals surface area contributed by atoms with Gasteiger partial charge in [-0.3, -0.25) is 9.63 Å². The fourth-order valence-corrected chi connectivity index (χ4v) is 2.36. The molecular formula is C16H22N2O4. The molecule has 0 aliphatic carbocycles. The van der Waals surface area contributed by atoms with E-state index >= 15 is 0 Å². The van der Waals surface area contributed by atoms with Crippen LogP contribution in [-0.4, -0.2) is 36.6 Å². The number of hydrogen-bond donors (Lipinski definition) is 1. The highest BCUT2D eigenvalue weighted by atomic mass is 16.6. The second kappa shape index (κ2) is 8.38. The van der Waals surface area contributed by atoms with Gasteiger partial charge in [-0.25, -0.2) is 10.3 Å².